The highest BCUT2D eigenvalue weighted by Gasteiger charge is 2.20. The molecule has 0 atom stereocenters. The predicted molar refractivity (Wildman–Crippen MR) is 80.5 cm³/mol. The molecule has 0 bridgehead atoms. The molecule has 106 valence electrons. The van der Waals surface area contributed by atoms with Gasteiger partial charge in [0.15, 0.2) is 0 Å². The highest BCUT2D eigenvalue weighted by molar-refractivity contribution is 5.47. The highest BCUT2D eigenvalue weighted by atomic mass is 16.3. The number of likely N-dealkylation sites (N-methyl/N-ethyl adjacent to an activating group) is 1. The van der Waals surface area contributed by atoms with Gasteiger partial charge in [-0.3, -0.25) is 0 Å². The van der Waals surface area contributed by atoms with Crippen molar-refractivity contribution < 1.29 is 5.11 Å². The molecule has 1 fully saturated rings. The van der Waals surface area contributed by atoms with Crippen LogP contribution in [-0.2, 0) is 6.54 Å². The van der Waals surface area contributed by atoms with E-state index < -0.39 is 5.60 Å². The summed E-state index contributed by atoms with van der Waals surface area (Å²) in [6.45, 7) is 8.34. The molecule has 3 heteroatoms. The zero-order chi connectivity index (χ0) is 13.9. The van der Waals surface area contributed by atoms with Gasteiger partial charge in [-0.25, -0.2) is 0 Å². The van der Waals surface area contributed by atoms with Gasteiger partial charge in [0.2, 0.25) is 0 Å². The van der Waals surface area contributed by atoms with Crippen molar-refractivity contribution in [2.24, 2.45) is 0 Å². The van der Waals surface area contributed by atoms with Gasteiger partial charge in [-0.15, -0.1) is 0 Å². The molecule has 0 saturated heterocycles. The summed E-state index contributed by atoms with van der Waals surface area (Å²) in [6.07, 6.45) is 2.65. The summed E-state index contributed by atoms with van der Waals surface area (Å²) in [5.74, 6) is 0. The van der Waals surface area contributed by atoms with Crippen molar-refractivity contribution in [2.45, 2.75) is 51.8 Å². The van der Waals surface area contributed by atoms with E-state index in [1.54, 1.807) is 0 Å². The van der Waals surface area contributed by atoms with Gasteiger partial charge in [0.25, 0.3) is 0 Å². The first kappa shape index (κ1) is 14.4. The average molecular weight is 262 g/mol. The summed E-state index contributed by atoms with van der Waals surface area (Å²) in [5, 5.41) is 13.5. The largest absolute Gasteiger partial charge is 0.389 e. The highest BCUT2D eigenvalue weighted by Crippen LogP contribution is 2.21. The third-order valence-corrected chi connectivity index (χ3v) is 3.43. The molecule has 0 aromatic heterocycles. The lowest BCUT2D eigenvalue weighted by atomic mass is 10.1. The molecule has 19 heavy (non-hydrogen) atoms. The third-order valence-electron chi connectivity index (χ3n) is 3.43. The maximum atomic E-state index is 9.94. The first-order chi connectivity index (χ1) is 8.98. The molecule has 1 aromatic rings. The Morgan fingerprint density at radius 1 is 1.26 bits per heavy atom. The van der Waals surface area contributed by atoms with Crippen LogP contribution in [0.3, 0.4) is 0 Å². The van der Waals surface area contributed by atoms with E-state index in [2.05, 4.69) is 41.4 Å². The van der Waals surface area contributed by atoms with E-state index in [1.165, 1.54) is 24.1 Å². The Morgan fingerprint density at radius 2 is 1.89 bits per heavy atom. The summed E-state index contributed by atoms with van der Waals surface area (Å²) in [5.41, 5.74) is 1.84. The van der Waals surface area contributed by atoms with Crippen LogP contribution in [0, 0.1) is 0 Å². The van der Waals surface area contributed by atoms with Crippen LogP contribution in [0.2, 0.25) is 0 Å². The molecule has 1 aliphatic carbocycles. The predicted octanol–water partition coefficient (Wildman–Crippen LogP) is 2.54. The van der Waals surface area contributed by atoms with Crippen LogP contribution in [0.15, 0.2) is 24.3 Å². The van der Waals surface area contributed by atoms with E-state index in [9.17, 15) is 5.11 Å². The molecule has 0 amide bonds. The van der Waals surface area contributed by atoms with Gasteiger partial charge in [-0.05, 0) is 51.3 Å². The molecule has 2 N–H and O–H groups in total. The normalized spacial score (nSPS) is 15.6. The topological polar surface area (TPSA) is 35.5 Å². The molecule has 1 aromatic carbocycles. The number of nitrogens with one attached hydrogen (secondary N) is 1. The Labute approximate surface area is 116 Å². The minimum absolute atomic E-state index is 0.656. The molecule has 0 unspecified atom stereocenters. The van der Waals surface area contributed by atoms with E-state index in [-0.39, 0.29) is 0 Å². The fourth-order valence-corrected chi connectivity index (χ4v) is 2.23. The van der Waals surface area contributed by atoms with Crippen LogP contribution < -0.4 is 10.2 Å². The van der Waals surface area contributed by atoms with Gasteiger partial charge in [0.05, 0.1) is 5.60 Å². The third kappa shape index (κ3) is 4.84. The van der Waals surface area contributed by atoms with Crippen molar-refractivity contribution in [2.75, 3.05) is 18.0 Å². The van der Waals surface area contributed by atoms with Crippen LogP contribution in [0.5, 0.6) is 0 Å². The molecule has 0 aliphatic heterocycles. The smallest absolute Gasteiger partial charge is 0.0765 e. The molecule has 0 spiro atoms. The molecule has 2 rings (SSSR count). The minimum atomic E-state index is -0.664. The van der Waals surface area contributed by atoms with Gasteiger partial charge in [0, 0.05) is 31.4 Å². The Hall–Kier alpha value is -1.06. The number of rotatable bonds is 7. The molecule has 0 heterocycles. The lowest BCUT2D eigenvalue weighted by Gasteiger charge is -2.30. The van der Waals surface area contributed by atoms with Gasteiger partial charge < -0.3 is 15.3 Å². The zero-order valence-corrected chi connectivity index (χ0v) is 12.3. The first-order valence-corrected chi connectivity index (χ1v) is 7.27. The fourth-order valence-electron chi connectivity index (χ4n) is 2.23. The maximum absolute atomic E-state index is 9.94. The second-order valence-corrected chi connectivity index (χ2v) is 6.15. The minimum Gasteiger partial charge on any atom is -0.389 e. The Kier molecular flexibility index (Phi) is 4.48. The van der Waals surface area contributed by atoms with Crippen LogP contribution in [-0.4, -0.2) is 29.8 Å². The lowest BCUT2D eigenvalue weighted by Crippen LogP contribution is -2.38. The van der Waals surface area contributed by atoms with Gasteiger partial charge in [-0.2, -0.15) is 0 Å². The fraction of sp³-hybridized carbons (Fsp3) is 0.625. The van der Waals surface area contributed by atoms with E-state index in [0.29, 0.717) is 6.54 Å². The summed E-state index contributed by atoms with van der Waals surface area (Å²) in [7, 11) is 0. The molecule has 3 nitrogen and oxygen atoms in total. The number of aliphatic hydroxyl groups is 1. The van der Waals surface area contributed by atoms with Crippen molar-refractivity contribution in [1.82, 2.24) is 5.32 Å². The molecule has 1 aliphatic rings. The summed E-state index contributed by atoms with van der Waals surface area (Å²) in [4.78, 5) is 2.21. The SMILES string of the molecule is CCN(CC(C)(C)O)c1ccc(CNC2CC2)cc1. The van der Waals surface area contributed by atoms with Crippen molar-refractivity contribution in [3.8, 4) is 0 Å². The quantitative estimate of drug-likeness (QED) is 0.792. The van der Waals surface area contributed by atoms with Crippen LogP contribution in [0.25, 0.3) is 0 Å². The van der Waals surface area contributed by atoms with Crippen LogP contribution >= 0.6 is 0 Å². The van der Waals surface area contributed by atoms with Crippen molar-refractivity contribution >= 4 is 5.69 Å². The first-order valence-electron chi connectivity index (χ1n) is 7.27. The van der Waals surface area contributed by atoms with E-state index in [1.807, 2.05) is 13.8 Å². The van der Waals surface area contributed by atoms with Crippen molar-refractivity contribution in [3.05, 3.63) is 29.8 Å². The van der Waals surface area contributed by atoms with Gasteiger partial charge in [0.1, 0.15) is 0 Å². The molecular formula is C16H26N2O. The summed E-state index contributed by atoms with van der Waals surface area (Å²) >= 11 is 0. The number of hydrogen-bond acceptors (Lipinski definition) is 3. The Bertz CT molecular complexity index is 390. The maximum Gasteiger partial charge on any atom is 0.0765 e. The molecular weight excluding hydrogens is 236 g/mol. The van der Waals surface area contributed by atoms with E-state index >= 15 is 0 Å². The number of benzene rings is 1. The van der Waals surface area contributed by atoms with E-state index in [0.717, 1.165) is 19.1 Å². The number of hydrogen-bond donors (Lipinski definition) is 2. The van der Waals surface area contributed by atoms with Crippen molar-refractivity contribution in [3.63, 3.8) is 0 Å². The number of nitrogens with zero attached hydrogens (tertiary/aromatic N) is 1. The standard InChI is InChI=1S/C16H26N2O/c1-4-18(12-16(2,3)19)15-9-5-13(6-10-15)11-17-14-7-8-14/h5-6,9-10,14,17,19H,4,7-8,11-12H2,1-3H3. The van der Waals surface area contributed by atoms with E-state index in [4.69, 9.17) is 0 Å². The average Bonchev–Trinajstić information content (AvgIpc) is 3.17. The monoisotopic (exact) mass is 262 g/mol. The zero-order valence-electron chi connectivity index (χ0n) is 12.3. The van der Waals surface area contributed by atoms with Gasteiger partial charge >= 0.3 is 0 Å². The van der Waals surface area contributed by atoms with Gasteiger partial charge in [-0.1, -0.05) is 12.1 Å². The molecule has 1 saturated carbocycles. The van der Waals surface area contributed by atoms with Crippen LogP contribution in [0.1, 0.15) is 39.2 Å². The van der Waals surface area contributed by atoms with Crippen LogP contribution in [0.4, 0.5) is 5.69 Å². The lowest BCUT2D eigenvalue weighted by molar-refractivity contribution is 0.0876. The Morgan fingerprint density at radius 3 is 2.37 bits per heavy atom. The second kappa shape index (κ2) is 5.93. The second-order valence-electron chi connectivity index (χ2n) is 6.15. The summed E-state index contributed by atoms with van der Waals surface area (Å²) in [6, 6.07) is 9.41. The number of anilines is 1. The summed E-state index contributed by atoms with van der Waals surface area (Å²) < 4.78 is 0. The molecule has 0 radical (unpaired) electrons. The van der Waals surface area contributed by atoms with Crippen molar-refractivity contribution in [1.29, 1.82) is 0 Å². The Balaban J connectivity index is 1.94.